The minimum absolute atomic E-state index is 0.241. The van der Waals surface area contributed by atoms with Crippen LogP contribution in [0.15, 0.2) is 12.2 Å². The fraction of sp³-hybridized carbons (Fsp3) is 0.692. The zero-order valence-electron chi connectivity index (χ0n) is 11.4. The fourth-order valence-corrected chi connectivity index (χ4v) is 2.41. The molecule has 0 bridgehead atoms. The Morgan fingerprint density at radius 3 is 2.85 bits per heavy atom. The maximum absolute atomic E-state index is 11.8. The average molecular weight is 284 g/mol. The number of hydrogen-bond acceptors (Lipinski definition) is 4. The van der Waals surface area contributed by atoms with E-state index in [-0.39, 0.29) is 12.1 Å². The Morgan fingerprint density at radius 1 is 1.50 bits per heavy atom. The van der Waals surface area contributed by atoms with E-state index in [0.717, 1.165) is 6.42 Å². The Morgan fingerprint density at radius 2 is 2.30 bits per heavy atom. The summed E-state index contributed by atoms with van der Waals surface area (Å²) in [5.74, 6) is -1.39. The van der Waals surface area contributed by atoms with Crippen molar-refractivity contribution in [3.05, 3.63) is 12.2 Å². The van der Waals surface area contributed by atoms with Crippen molar-refractivity contribution in [1.82, 2.24) is 10.6 Å². The van der Waals surface area contributed by atoms with Crippen LogP contribution in [-0.4, -0.2) is 55.6 Å². The standard InChI is InChI=1S/C13H20N2O5/c1-19-13(4-5-20-8-13)7-14-12(18)15-10-3-2-9(6-10)11(16)17/h2-3,9-10H,4-8H2,1H3,(H,16,17)(H2,14,15,18). The Labute approximate surface area is 117 Å². The lowest BCUT2D eigenvalue weighted by Crippen LogP contribution is -2.49. The Hall–Kier alpha value is -1.60. The number of amides is 2. The van der Waals surface area contributed by atoms with E-state index < -0.39 is 17.5 Å². The van der Waals surface area contributed by atoms with Crippen LogP contribution in [0.1, 0.15) is 12.8 Å². The summed E-state index contributed by atoms with van der Waals surface area (Å²) in [5, 5.41) is 14.4. The van der Waals surface area contributed by atoms with Gasteiger partial charge in [-0.05, 0) is 6.42 Å². The molecule has 2 amide bonds. The summed E-state index contributed by atoms with van der Waals surface area (Å²) in [6, 6.07) is -0.566. The first-order valence-corrected chi connectivity index (χ1v) is 6.63. The van der Waals surface area contributed by atoms with Gasteiger partial charge in [0.05, 0.1) is 25.1 Å². The molecule has 2 rings (SSSR count). The number of ether oxygens (including phenoxy) is 2. The second-order valence-electron chi connectivity index (χ2n) is 5.19. The molecule has 0 aromatic heterocycles. The largest absolute Gasteiger partial charge is 0.481 e. The maximum Gasteiger partial charge on any atom is 0.315 e. The minimum Gasteiger partial charge on any atom is -0.481 e. The summed E-state index contributed by atoms with van der Waals surface area (Å²) in [4.78, 5) is 22.6. The van der Waals surface area contributed by atoms with Crippen LogP contribution in [0.5, 0.6) is 0 Å². The highest BCUT2D eigenvalue weighted by atomic mass is 16.5. The minimum atomic E-state index is -0.868. The second kappa shape index (κ2) is 6.23. The topological polar surface area (TPSA) is 96.9 Å². The highest BCUT2D eigenvalue weighted by Gasteiger charge is 2.35. The van der Waals surface area contributed by atoms with Gasteiger partial charge in [0.25, 0.3) is 0 Å². The number of carboxylic acids is 1. The maximum atomic E-state index is 11.8. The summed E-state index contributed by atoms with van der Waals surface area (Å²) in [5.41, 5.74) is -0.452. The third-order valence-electron chi connectivity index (χ3n) is 3.79. The SMILES string of the molecule is COC1(CNC(=O)NC2C=CC(C(=O)O)C2)CCOC1. The predicted molar refractivity (Wildman–Crippen MR) is 70.4 cm³/mol. The van der Waals surface area contributed by atoms with E-state index in [0.29, 0.717) is 26.2 Å². The van der Waals surface area contributed by atoms with Crippen LogP contribution in [-0.2, 0) is 14.3 Å². The third-order valence-corrected chi connectivity index (χ3v) is 3.79. The number of carbonyl (C=O) groups excluding carboxylic acids is 1. The highest BCUT2D eigenvalue weighted by Crippen LogP contribution is 2.21. The van der Waals surface area contributed by atoms with Crippen molar-refractivity contribution in [1.29, 1.82) is 0 Å². The first kappa shape index (κ1) is 14.8. The normalized spacial score (nSPS) is 32.2. The number of hydrogen-bond donors (Lipinski definition) is 3. The van der Waals surface area contributed by atoms with Crippen LogP contribution < -0.4 is 10.6 Å². The number of rotatable bonds is 5. The van der Waals surface area contributed by atoms with Crippen molar-refractivity contribution < 1.29 is 24.2 Å². The van der Waals surface area contributed by atoms with Crippen LogP contribution in [0.3, 0.4) is 0 Å². The molecule has 3 unspecified atom stereocenters. The smallest absolute Gasteiger partial charge is 0.315 e. The quantitative estimate of drug-likeness (QED) is 0.623. The Bertz CT molecular complexity index is 404. The summed E-state index contributed by atoms with van der Waals surface area (Å²) in [6.45, 7) is 1.46. The number of carboxylic acid groups (broad SMARTS) is 1. The lowest BCUT2D eigenvalue weighted by Gasteiger charge is -2.26. The van der Waals surface area contributed by atoms with Gasteiger partial charge in [0.1, 0.15) is 5.60 Å². The molecule has 0 aromatic carbocycles. The first-order valence-electron chi connectivity index (χ1n) is 6.63. The van der Waals surface area contributed by atoms with E-state index in [1.54, 1.807) is 19.3 Å². The Kier molecular flexibility index (Phi) is 4.61. The zero-order chi connectivity index (χ0) is 14.6. The van der Waals surface area contributed by atoms with Gasteiger partial charge >= 0.3 is 12.0 Å². The second-order valence-corrected chi connectivity index (χ2v) is 5.19. The van der Waals surface area contributed by atoms with Gasteiger partial charge < -0.3 is 25.2 Å². The van der Waals surface area contributed by atoms with Gasteiger partial charge in [-0.2, -0.15) is 0 Å². The van der Waals surface area contributed by atoms with Gasteiger partial charge in [0, 0.05) is 20.1 Å². The van der Waals surface area contributed by atoms with Crippen LogP contribution in [0, 0.1) is 5.92 Å². The molecule has 1 fully saturated rings. The van der Waals surface area contributed by atoms with Crippen molar-refractivity contribution >= 4 is 12.0 Å². The van der Waals surface area contributed by atoms with E-state index >= 15 is 0 Å². The molecule has 0 saturated carbocycles. The first-order chi connectivity index (χ1) is 9.54. The van der Waals surface area contributed by atoms with Crippen molar-refractivity contribution in [3.63, 3.8) is 0 Å². The number of carbonyl (C=O) groups is 2. The van der Waals surface area contributed by atoms with Crippen LogP contribution in [0.4, 0.5) is 4.79 Å². The van der Waals surface area contributed by atoms with Gasteiger partial charge in [-0.25, -0.2) is 4.79 Å². The van der Waals surface area contributed by atoms with Crippen molar-refractivity contribution in [2.45, 2.75) is 24.5 Å². The molecule has 2 aliphatic rings. The zero-order valence-corrected chi connectivity index (χ0v) is 11.4. The van der Waals surface area contributed by atoms with Gasteiger partial charge in [-0.15, -0.1) is 0 Å². The van der Waals surface area contributed by atoms with Crippen LogP contribution >= 0.6 is 0 Å². The number of aliphatic carboxylic acids is 1. The van der Waals surface area contributed by atoms with E-state index in [1.165, 1.54) is 0 Å². The molecule has 112 valence electrons. The monoisotopic (exact) mass is 284 g/mol. The predicted octanol–water partition coefficient (Wildman–Crippen LogP) is 0.120. The summed E-state index contributed by atoms with van der Waals surface area (Å²) in [7, 11) is 1.60. The van der Waals surface area contributed by atoms with Crippen LogP contribution in [0.2, 0.25) is 0 Å². The van der Waals surface area contributed by atoms with E-state index in [1.807, 2.05) is 0 Å². The van der Waals surface area contributed by atoms with E-state index in [4.69, 9.17) is 14.6 Å². The average Bonchev–Trinajstić information content (AvgIpc) is 3.06. The summed E-state index contributed by atoms with van der Waals surface area (Å²) < 4.78 is 10.7. The summed E-state index contributed by atoms with van der Waals surface area (Å²) in [6.07, 6.45) is 4.45. The molecule has 3 N–H and O–H groups in total. The van der Waals surface area contributed by atoms with Gasteiger partial charge in [0.2, 0.25) is 0 Å². The number of nitrogens with one attached hydrogen (secondary N) is 2. The molecule has 1 saturated heterocycles. The van der Waals surface area contributed by atoms with Gasteiger partial charge in [-0.3, -0.25) is 4.79 Å². The molecular formula is C13H20N2O5. The van der Waals surface area contributed by atoms with E-state index in [2.05, 4.69) is 10.6 Å². The molecule has 7 heteroatoms. The molecule has 3 atom stereocenters. The molecule has 0 spiro atoms. The molecule has 1 aliphatic carbocycles. The van der Waals surface area contributed by atoms with Crippen molar-refractivity contribution in [2.75, 3.05) is 26.9 Å². The lowest BCUT2D eigenvalue weighted by molar-refractivity contribution is -0.140. The molecule has 1 aliphatic heterocycles. The Balaban J connectivity index is 1.74. The number of urea groups is 1. The molecule has 0 aromatic rings. The van der Waals surface area contributed by atoms with Crippen molar-refractivity contribution in [2.24, 2.45) is 5.92 Å². The number of methoxy groups -OCH3 is 1. The molecular weight excluding hydrogens is 264 g/mol. The fourth-order valence-electron chi connectivity index (χ4n) is 2.41. The van der Waals surface area contributed by atoms with Crippen LogP contribution in [0.25, 0.3) is 0 Å². The molecule has 0 radical (unpaired) electrons. The highest BCUT2D eigenvalue weighted by molar-refractivity contribution is 5.76. The summed E-state index contributed by atoms with van der Waals surface area (Å²) >= 11 is 0. The lowest BCUT2D eigenvalue weighted by atomic mass is 10.0. The van der Waals surface area contributed by atoms with E-state index in [9.17, 15) is 9.59 Å². The molecule has 20 heavy (non-hydrogen) atoms. The molecule has 7 nitrogen and oxygen atoms in total. The van der Waals surface area contributed by atoms with Gasteiger partial charge in [-0.1, -0.05) is 12.2 Å². The third kappa shape index (κ3) is 3.49. The van der Waals surface area contributed by atoms with Crippen molar-refractivity contribution in [3.8, 4) is 0 Å². The molecule has 1 heterocycles. The van der Waals surface area contributed by atoms with Gasteiger partial charge in [0.15, 0.2) is 0 Å².